The summed E-state index contributed by atoms with van der Waals surface area (Å²) in [6, 6.07) is 5.62. The Morgan fingerprint density at radius 3 is 2.85 bits per heavy atom. The second-order valence-electron chi connectivity index (χ2n) is 5.13. The molecule has 1 amide bonds. The number of carbonyl (C=O) groups is 1. The summed E-state index contributed by atoms with van der Waals surface area (Å²) < 4.78 is 18.5. The van der Waals surface area contributed by atoms with Gasteiger partial charge < -0.3 is 14.8 Å². The smallest absolute Gasteiger partial charge is 0.287 e. The van der Waals surface area contributed by atoms with Crippen LogP contribution in [0.3, 0.4) is 0 Å². The van der Waals surface area contributed by atoms with Gasteiger partial charge in [-0.15, -0.1) is 0 Å². The van der Waals surface area contributed by atoms with E-state index in [-0.39, 0.29) is 24.1 Å². The summed E-state index contributed by atoms with van der Waals surface area (Å²) >= 11 is 0. The van der Waals surface area contributed by atoms with Crippen LogP contribution in [-0.2, 0) is 0 Å². The summed E-state index contributed by atoms with van der Waals surface area (Å²) in [5, 5.41) is 12.4. The van der Waals surface area contributed by atoms with Crippen LogP contribution < -0.4 is 5.32 Å². The number of rotatable bonds is 5. The van der Waals surface area contributed by atoms with E-state index in [0.29, 0.717) is 23.8 Å². The lowest BCUT2D eigenvalue weighted by Crippen LogP contribution is -2.46. The second-order valence-corrected chi connectivity index (χ2v) is 5.13. The molecule has 20 heavy (non-hydrogen) atoms. The van der Waals surface area contributed by atoms with Crippen LogP contribution in [0.15, 0.2) is 28.7 Å². The Bertz CT molecular complexity index is 623. The highest BCUT2D eigenvalue weighted by Gasteiger charge is 2.25. The van der Waals surface area contributed by atoms with Gasteiger partial charge in [-0.1, -0.05) is 6.92 Å². The van der Waals surface area contributed by atoms with Gasteiger partial charge in [0.2, 0.25) is 0 Å². The van der Waals surface area contributed by atoms with Gasteiger partial charge in [0.05, 0.1) is 0 Å². The molecule has 0 aliphatic heterocycles. The molecule has 0 bridgehead atoms. The minimum absolute atomic E-state index is 0.00401. The lowest BCUT2D eigenvalue weighted by molar-refractivity contribution is 0.0860. The molecule has 2 N–H and O–H groups in total. The number of halogens is 1. The lowest BCUT2D eigenvalue weighted by Gasteiger charge is -2.28. The fourth-order valence-corrected chi connectivity index (χ4v) is 2.04. The number of amides is 1. The Labute approximate surface area is 116 Å². The third-order valence-electron chi connectivity index (χ3n) is 3.56. The van der Waals surface area contributed by atoms with Crippen molar-refractivity contribution in [2.24, 2.45) is 0 Å². The zero-order valence-corrected chi connectivity index (χ0v) is 11.6. The summed E-state index contributed by atoms with van der Waals surface area (Å²) in [5.41, 5.74) is -0.0207. The number of aliphatic hydroxyl groups excluding tert-OH is 1. The van der Waals surface area contributed by atoms with Gasteiger partial charge in [0.25, 0.3) is 5.91 Å². The maximum atomic E-state index is 13.1. The predicted molar refractivity (Wildman–Crippen MR) is 74.0 cm³/mol. The van der Waals surface area contributed by atoms with E-state index in [1.165, 1.54) is 24.3 Å². The average molecular weight is 279 g/mol. The first-order valence-electron chi connectivity index (χ1n) is 6.60. The molecule has 0 aliphatic carbocycles. The molecular formula is C15H18FNO3. The Kier molecular flexibility index (Phi) is 4.09. The van der Waals surface area contributed by atoms with E-state index < -0.39 is 5.54 Å². The third kappa shape index (κ3) is 2.99. The lowest BCUT2D eigenvalue weighted by atomic mass is 9.95. The average Bonchev–Trinajstić information content (AvgIpc) is 2.82. The van der Waals surface area contributed by atoms with Crippen LogP contribution in [0, 0.1) is 5.82 Å². The van der Waals surface area contributed by atoms with Crippen molar-refractivity contribution in [2.45, 2.75) is 32.2 Å². The van der Waals surface area contributed by atoms with E-state index in [4.69, 9.17) is 9.52 Å². The van der Waals surface area contributed by atoms with Crippen molar-refractivity contribution in [2.75, 3.05) is 6.61 Å². The molecule has 108 valence electrons. The van der Waals surface area contributed by atoms with Gasteiger partial charge in [-0.25, -0.2) is 4.39 Å². The molecule has 0 aliphatic rings. The fourth-order valence-electron chi connectivity index (χ4n) is 2.04. The van der Waals surface area contributed by atoms with Crippen molar-refractivity contribution >= 4 is 16.9 Å². The topological polar surface area (TPSA) is 62.5 Å². The quantitative estimate of drug-likeness (QED) is 0.884. The molecule has 1 atom stereocenters. The molecule has 0 saturated heterocycles. The number of aliphatic hydroxyl groups is 1. The Morgan fingerprint density at radius 1 is 1.45 bits per heavy atom. The van der Waals surface area contributed by atoms with Crippen LogP contribution in [0.25, 0.3) is 11.0 Å². The van der Waals surface area contributed by atoms with Gasteiger partial charge in [0.1, 0.15) is 11.4 Å². The van der Waals surface area contributed by atoms with E-state index >= 15 is 0 Å². The summed E-state index contributed by atoms with van der Waals surface area (Å²) in [7, 11) is 0. The number of carbonyl (C=O) groups excluding carboxylic acids is 1. The van der Waals surface area contributed by atoms with Crippen LogP contribution in [-0.4, -0.2) is 23.2 Å². The monoisotopic (exact) mass is 279 g/mol. The number of nitrogens with one attached hydrogen (secondary N) is 1. The van der Waals surface area contributed by atoms with E-state index in [1.54, 1.807) is 0 Å². The summed E-state index contributed by atoms with van der Waals surface area (Å²) in [5.74, 6) is -0.591. The Hall–Kier alpha value is -1.88. The van der Waals surface area contributed by atoms with E-state index in [1.807, 2.05) is 13.8 Å². The van der Waals surface area contributed by atoms with Crippen molar-refractivity contribution in [3.63, 3.8) is 0 Å². The van der Waals surface area contributed by atoms with E-state index in [2.05, 4.69) is 5.32 Å². The first kappa shape index (κ1) is 14.5. The van der Waals surface area contributed by atoms with Gasteiger partial charge >= 0.3 is 0 Å². The first-order chi connectivity index (χ1) is 9.47. The highest BCUT2D eigenvalue weighted by molar-refractivity contribution is 5.96. The normalized spacial score (nSPS) is 14.2. The van der Waals surface area contributed by atoms with Crippen LogP contribution in [0.5, 0.6) is 0 Å². The largest absolute Gasteiger partial charge is 0.451 e. The minimum Gasteiger partial charge on any atom is -0.451 e. The number of hydrogen-bond donors (Lipinski definition) is 2. The maximum absolute atomic E-state index is 13.1. The van der Waals surface area contributed by atoms with Crippen LogP contribution in [0.1, 0.15) is 37.2 Å². The van der Waals surface area contributed by atoms with Gasteiger partial charge in [0, 0.05) is 17.5 Å². The number of benzene rings is 1. The summed E-state index contributed by atoms with van der Waals surface area (Å²) in [4.78, 5) is 12.2. The zero-order chi connectivity index (χ0) is 14.8. The summed E-state index contributed by atoms with van der Waals surface area (Å²) in [6.07, 6.45) is 1.15. The SMILES string of the molecule is CCC(C)(CCO)NC(=O)c1cc2cc(F)ccc2o1. The van der Waals surface area contributed by atoms with Crippen molar-refractivity contribution in [3.05, 3.63) is 35.8 Å². The van der Waals surface area contributed by atoms with Gasteiger partial charge in [0.15, 0.2) is 5.76 Å². The van der Waals surface area contributed by atoms with E-state index in [9.17, 15) is 9.18 Å². The molecule has 2 aromatic rings. The predicted octanol–water partition coefficient (Wildman–Crippen LogP) is 2.85. The van der Waals surface area contributed by atoms with Crippen molar-refractivity contribution in [3.8, 4) is 0 Å². The zero-order valence-electron chi connectivity index (χ0n) is 11.6. The van der Waals surface area contributed by atoms with Crippen LogP contribution in [0.4, 0.5) is 4.39 Å². The molecule has 1 aromatic carbocycles. The van der Waals surface area contributed by atoms with Crippen LogP contribution >= 0.6 is 0 Å². The van der Waals surface area contributed by atoms with E-state index in [0.717, 1.165) is 0 Å². The number of hydrogen-bond acceptors (Lipinski definition) is 3. The first-order valence-corrected chi connectivity index (χ1v) is 6.60. The van der Waals surface area contributed by atoms with Crippen LogP contribution in [0.2, 0.25) is 0 Å². The van der Waals surface area contributed by atoms with Gasteiger partial charge in [-0.3, -0.25) is 4.79 Å². The molecule has 0 fully saturated rings. The molecule has 0 radical (unpaired) electrons. The third-order valence-corrected chi connectivity index (χ3v) is 3.56. The second kappa shape index (κ2) is 5.63. The minimum atomic E-state index is -0.490. The van der Waals surface area contributed by atoms with Gasteiger partial charge in [-0.05, 0) is 44.0 Å². The molecular weight excluding hydrogens is 261 g/mol. The summed E-state index contributed by atoms with van der Waals surface area (Å²) in [6.45, 7) is 3.79. The Morgan fingerprint density at radius 2 is 2.20 bits per heavy atom. The Balaban J connectivity index is 2.22. The van der Waals surface area contributed by atoms with Crippen molar-refractivity contribution < 1.29 is 18.7 Å². The molecule has 1 unspecified atom stereocenters. The highest BCUT2D eigenvalue weighted by atomic mass is 19.1. The van der Waals surface area contributed by atoms with Crippen molar-refractivity contribution in [1.29, 1.82) is 0 Å². The molecule has 1 aromatic heterocycles. The molecule has 5 heteroatoms. The standard InChI is InChI=1S/C15H18FNO3/c1-3-15(2,6-7-18)17-14(19)13-9-10-8-11(16)4-5-12(10)20-13/h4-5,8-9,18H,3,6-7H2,1-2H3,(H,17,19). The number of fused-ring (bicyclic) bond motifs is 1. The highest BCUT2D eigenvalue weighted by Crippen LogP contribution is 2.22. The van der Waals surface area contributed by atoms with Gasteiger partial charge in [-0.2, -0.15) is 0 Å². The molecule has 0 saturated carbocycles. The van der Waals surface area contributed by atoms with Crippen molar-refractivity contribution in [1.82, 2.24) is 5.32 Å². The number of furan rings is 1. The molecule has 0 spiro atoms. The molecule has 1 heterocycles. The molecule has 2 rings (SSSR count). The molecule has 4 nitrogen and oxygen atoms in total. The maximum Gasteiger partial charge on any atom is 0.287 e. The fraction of sp³-hybridized carbons (Fsp3) is 0.400.